The van der Waals surface area contributed by atoms with Crippen LogP contribution in [0.4, 0.5) is 0 Å². The Bertz CT molecular complexity index is 846. The van der Waals surface area contributed by atoms with Crippen molar-refractivity contribution in [2.45, 2.75) is 6.54 Å². The lowest BCUT2D eigenvalue weighted by atomic mass is 10.1. The van der Waals surface area contributed by atoms with E-state index in [0.29, 0.717) is 21.3 Å². The number of nitrogens with zero attached hydrogens (tertiary/aromatic N) is 1. The Kier molecular flexibility index (Phi) is 4.78. The van der Waals surface area contributed by atoms with Crippen LogP contribution in [0.25, 0.3) is 6.08 Å². The average Bonchev–Trinajstić information content (AvgIpc) is 2.84. The van der Waals surface area contributed by atoms with Gasteiger partial charge in [-0.05, 0) is 17.2 Å². The van der Waals surface area contributed by atoms with Crippen molar-refractivity contribution < 1.29 is 14.7 Å². The number of thiocarbonyl (C=S) groups is 1. The van der Waals surface area contributed by atoms with Gasteiger partial charge >= 0.3 is 0 Å². The largest absolute Gasteiger partial charge is 0.545 e. The van der Waals surface area contributed by atoms with E-state index >= 15 is 0 Å². The molecule has 0 spiro atoms. The fourth-order valence-electron chi connectivity index (χ4n) is 2.35. The predicted molar refractivity (Wildman–Crippen MR) is 95.9 cm³/mol. The Morgan fingerprint density at radius 2 is 1.79 bits per heavy atom. The molecule has 0 unspecified atom stereocenters. The summed E-state index contributed by atoms with van der Waals surface area (Å²) in [6.07, 6.45) is 1.55. The van der Waals surface area contributed by atoms with Gasteiger partial charge in [-0.1, -0.05) is 78.6 Å². The van der Waals surface area contributed by atoms with Gasteiger partial charge in [0.15, 0.2) is 0 Å². The minimum atomic E-state index is -1.28. The standard InChI is InChI=1S/C18H13NO3S2/c20-16-15(10-13-8-4-5-9-14(13)17(21)22)24-18(23)19(16)11-12-6-2-1-3-7-12/h1-10H,11H2,(H,21,22)/p-1/b15-10+. The molecule has 0 N–H and O–H groups in total. The zero-order valence-electron chi connectivity index (χ0n) is 12.5. The van der Waals surface area contributed by atoms with E-state index in [0.717, 1.165) is 5.56 Å². The van der Waals surface area contributed by atoms with Crippen molar-refractivity contribution in [1.82, 2.24) is 4.90 Å². The number of rotatable bonds is 4. The molecule has 0 radical (unpaired) electrons. The van der Waals surface area contributed by atoms with Crippen molar-refractivity contribution in [2.75, 3.05) is 0 Å². The molecule has 0 aromatic heterocycles. The van der Waals surface area contributed by atoms with Gasteiger partial charge in [0.05, 0.1) is 17.4 Å². The molecule has 0 bridgehead atoms. The van der Waals surface area contributed by atoms with Crippen molar-refractivity contribution in [2.24, 2.45) is 0 Å². The molecule has 0 saturated carbocycles. The zero-order valence-corrected chi connectivity index (χ0v) is 14.1. The second-order valence-electron chi connectivity index (χ2n) is 5.13. The molecule has 2 aromatic carbocycles. The molecule has 120 valence electrons. The number of benzene rings is 2. The molecule has 1 fully saturated rings. The van der Waals surface area contributed by atoms with Crippen LogP contribution in [0.1, 0.15) is 21.5 Å². The Balaban J connectivity index is 1.88. The second kappa shape index (κ2) is 6.98. The summed E-state index contributed by atoms with van der Waals surface area (Å²) in [7, 11) is 0. The molecular formula is C18H12NO3S2-. The lowest BCUT2D eigenvalue weighted by Crippen LogP contribution is -2.27. The molecule has 1 saturated heterocycles. The van der Waals surface area contributed by atoms with E-state index < -0.39 is 5.97 Å². The van der Waals surface area contributed by atoms with Crippen molar-refractivity contribution in [3.8, 4) is 0 Å². The molecule has 6 heteroatoms. The molecule has 0 aliphatic carbocycles. The summed E-state index contributed by atoms with van der Waals surface area (Å²) in [6, 6.07) is 16.0. The maximum atomic E-state index is 12.6. The summed E-state index contributed by atoms with van der Waals surface area (Å²) in [5, 5.41) is 11.2. The van der Waals surface area contributed by atoms with E-state index in [4.69, 9.17) is 12.2 Å². The number of thioether (sulfide) groups is 1. The Morgan fingerprint density at radius 1 is 1.12 bits per heavy atom. The van der Waals surface area contributed by atoms with Gasteiger partial charge in [-0.2, -0.15) is 0 Å². The third-order valence-corrected chi connectivity index (χ3v) is 4.90. The maximum absolute atomic E-state index is 12.6. The van der Waals surface area contributed by atoms with E-state index in [2.05, 4.69) is 0 Å². The fourth-order valence-corrected chi connectivity index (χ4v) is 3.60. The zero-order chi connectivity index (χ0) is 17.1. The molecule has 24 heavy (non-hydrogen) atoms. The van der Waals surface area contributed by atoms with Crippen LogP contribution in [0.15, 0.2) is 59.5 Å². The highest BCUT2D eigenvalue weighted by Crippen LogP contribution is 2.34. The number of carbonyl (C=O) groups excluding carboxylic acids is 2. The predicted octanol–water partition coefficient (Wildman–Crippen LogP) is 2.45. The van der Waals surface area contributed by atoms with Crippen LogP contribution in [0.3, 0.4) is 0 Å². The average molecular weight is 354 g/mol. The van der Waals surface area contributed by atoms with Gasteiger partial charge in [-0.15, -0.1) is 0 Å². The van der Waals surface area contributed by atoms with Gasteiger partial charge in [-0.25, -0.2) is 0 Å². The lowest BCUT2D eigenvalue weighted by Gasteiger charge is -2.14. The van der Waals surface area contributed by atoms with Crippen molar-refractivity contribution in [1.29, 1.82) is 0 Å². The van der Waals surface area contributed by atoms with E-state index in [1.807, 2.05) is 30.3 Å². The first kappa shape index (κ1) is 16.4. The van der Waals surface area contributed by atoms with Gasteiger partial charge in [-0.3, -0.25) is 9.69 Å². The third-order valence-electron chi connectivity index (χ3n) is 3.52. The number of carbonyl (C=O) groups is 2. The van der Waals surface area contributed by atoms with Crippen LogP contribution >= 0.6 is 24.0 Å². The molecule has 2 aromatic rings. The monoisotopic (exact) mass is 354 g/mol. The molecule has 0 atom stereocenters. The number of carboxylic acids is 1. The SMILES string of the molecule is O=C([O-])c1ccccc1/C=C1/SC(=S)N(Cc2ccccc2)C1=O. The van der Waals surface area contributed by atoms with Gasteiger partial charge in [0, 0.05) is 5.56 Å². The quantitative estimate of drug-likeness (QED) is 0.623. The molecular weight excluding hydrogens is 342 g/mol. The summed E-state index contributed by atoms with van der Waals surface area (Å²) in [5.74, 6) is -1.50. The van der Waals surface area contributed by atoms with Crippen molar-refractivity contribution in [3.05, 3.63) is 76.2 Å². The number of aromatic carboxylic acids is 1. The Morgan fingerprint density at radius 3 is 2.50 bits per heavy atom. The first-order valence-corrected chi connectivity index (χ1v) is 8.38. The van der Waals surface area contributed by atoms with Crippen LogP contribution < -0.4 is 5.11 Å². The highest BCUT2D eigenvalue weighted by atomic mass is 32.2. The van der Waals surface area contributed by atoms with Crippen LogP contribution in [-0.4, -0.2) is 21.1 Å². The molecule has 3 rings (SSSR count). The first-order valence-electron chi connectivity index (χ1n) is 7.16. The van der Waals surface area contributed by atoms with E-state index in [-0.39, 0.29) is 11.5 Å². The highest BCUT2D eigenvalue weighted by Gasteiger charge is 2.32. The van der Waals surface area contributed by atoms with Gasteiger partial charge in [0.1, 0.15) is 4.32 Å². The summed E-state index contributed by atoms with van der Waals surface area (Å²) in [5.41, 5.74) is 1.45. The maximum Gasteiger partial charge on any atom is 0.266 e. The summed E-state index contributed by atoms with van der Waals surface area (Å²) < 4.78 is 0.459. The molecule has 1 aliphatic heterocycles. The second-order valence-corrected chi connectivity index (χ2v) is 6.80. The van der Waals surface area contributed by atoms with Crippen molar-refractivity contribution in [3.63, 3.8) is 0 Å². The molecule has 1 aliphatic rings. The Hall–Kier alpha value is -2.44. The number of hydrogen-bond donors (Lipinski definition) is 0. The third kappa shape index (κ3) is 3.39. The molecule has 4 nitrogen and oxygen atoms in total. The number of hydrogen-bond acceptors (Lipinski definition) is 5. The normalized spacial score (nSPS) is 16.0. The number of carboxylic acid groups (broad SMARTS) is 1. The lowest BCUT2D eigenvalue weighted by molar-refractivity contribution is -0.255. The van der Waals surface area contributed by atoms with Gasteiger partial charge in [0.2, 0.25) is 0 Å². The highest BCUT2D eigenvalue weighted by molar-refractivity contribution is 8.26. The summed E-state index contributed by atoms with van der Waals surface area (Å²) in [6.45, 7) is 0.394. The van der Waals surface area contributed by atoms with Gasteiger partial charge in [0.25, 0.3) is 5.91 Å². The summed E-state index contributed by atoms with van der Waals surface area (Å²) >= 11 is 6.46. The van der Waals surface area contributed by atoms with E-state index in [1.165, 1.54) is 22.7 Å². The van der Waals surface area contributed by atoms with Crippen LogP contribution in [0.2, 0.25) is 0 Å². The first-order chi connectivity index (χ1) is 11.6. The van der Waals surface area contributed by atoms with E-state index in [1.54, 1.807) is 24.3 Å². The van der Waals surface area contributed by atoms with Crippen LogP contribution in [0.5, 0.6) is 0 Å². The minimum absolute atomic E-state index is 0.0471. The fraction of sp³-hybridized carbons (Fsp3) is 0.0556. The smallest absolute Gasteiger partial charge is 0.266 e. The van der Waals surface area contributed by atoms with E-state index in [9.17, 15) is 14.7 Å². The van der Waals surface area contributed by atoms with Crippen LogP contribution in [-0.2, 0) is 11.3 Å². The summed E-state index contributed by atoms with van der Waals surface area (Å²) in [4.78, 5) is 25.7. The molecule has 1 amide bonds. The molecule has 1 heterocycles. The topological polar surface area (TPSA) is 60.4 Å². The van der Waals surface area contributed by atoms with Gasteiger partial charge < -0.3 is 9.90 Å². The van der Waals surface area contributed by atoms with Crippen LogP contribution in [0, 0.1) is 0 Å². The Labute approximate surface area is 148 Å². The number of amides is 1. The van der Waals surface area contributed by atoms with Crippen molar-refractivity contribution >= 4 is 46.3 Å². The minimum Gasteiger partial charge on any atom is -0.545 e.